The Bertz CT molecular complexity index is 1150. The minimum atomic E-state index is -0.633. The van der Waals surface area contributed by atoms with Crippen LogP contribution in [-0.2, 0) is 10.2 Å². The Labute approximate surface area is 176 Å². The van der Waals surface area contributed by atoms with Gasteiger partial charge >= 0.3 is 0 Å². The maximum absolute atomic E-state index is 13.4. The zero-order valence-electron chi connectivity index (χ0n) is 17.8. The first-order valence-corrected chi connectivity index (χ1v) is 9.85. The first-order chi connectivity index (χ1) is 14.2. The Morgan fingerprint density at radius 3 is 2.37 bits per heavy atom. The van der Waals surface area contributed by atoms with Crippen molar-refractivity contribution in [3.8, 4) is 11.1 Å². The summed E-state index contributed by atoms with van der Waals surface area (Å²) in [5.41, 5.74) is 4.23. The average Bonchev–Trinajstić information content (AvgIpc) is 2.93. The summed E-state index contributed by atoms with van der Waals surface area (Å²) in [6.45, 7) is 5.73. The van der Waals surface area contributed by atoms with Crippen LogP contribution in [0.1, 0.15) is 52.8 Å². The number of rotatable bonds is 3. The Balaban J connectivity index is 1.84. The van der Waals surface area contributed by atoms with Crippen molar-refractivity contribution in [3.63, 3.8) is 0 Å². The molecule has 1 aliphatic carbocycles. The number of hydrogen-bond donors (Lipinski definition) is 0. The lowest BCUT2D eigenvalue weighted by Gasteiger charge is -2.18. The zero-order valence-corrected chi connectivity index (χ0v) is 17.8. The summed E-state index contributed by atoms with van der Waals surface area (Å²) in [7, 11) is 3.41. The predicted octanol–water partition coefficient (Wildman–Crippen LogP) is 3.54. The number of ketones is 1. The van der Waals surface area contributed by atoms with Crippen LogP contribution in [-0.4, -0.2) is 45.6 Å². The van der Waals surface area contributed by atoms with Crippen molar-refractivity contribution in [1.82, 2.24) is 19.9 Å². The number of fused-ring (bicyclic) bond motifs is 1. The Morgan fingerprint density at radius 1 is 1.00 bits per heavy atom. The summed E-state index contributed by atoms with van der Waals surface area (Å²) in [5.74, 6) is 0.155. The minimum Gasteiger partial charge on any atom is -0.345 e. The van der Waals surface area contributed by atoms with E-state index in [2.05, 4.69) is 15.0 Å². The maximum atomic E-state index is 13.4. The molecule has 6 heteroatoms. The molecule has 2 aromatic heterocycles. The largest absolute Gasteiger partial charge is 0.345 e. The van der Waals surface area contributed by atoms with Crippen molar-refractivity contribution in [3.05, 3.63) is 77.1 Å². The van der Waals surface area contributed by atoms with Gasteiger partial charge in [0.05, 0.1) is 11.6 Å². The summed E-state index contributed by atoms with van der Waals surface area (Å²) in [6.07, 6.45) is 5.17. The Kier molecular flexibility index (Phi) is 4.73. The third-order valence-electron chi connectivity index (χ3n) is 5.76. The standard InChI is InChI=1S/C24H24N4O2/c1-14-26-12-17(13-27-14)15-6-7-19-18(10-15)21(22(29)24(19,2)3)20-11-16(8-9-25-20)23(30)28(4)5/h6-13,21H,1-5H3. The first-order valence-electron chi connectivity index (χ1n) is 9.85. The molecular formula is C24H24N4O2. The molecule has 1 aromatic carbocycles. The zero-order chi connectivity index (χ0) is 21.6. The number of aromatic nitrogens is 3. The molecule has 1 atom stereocenters. The molecular weight excluding hydrogens is 376 g/mol. The van der Waals surface area contributed by atoms with Gasteiger partial charge in [0.1, 0.15) is 5.82 Å². The highest BCUT2D eigenvalue weighted by molar-refractivity contribution is 6.03. The van der Waals surface area contributed by atoms with Gasteiger partial charge in [0.15, 0.2) is 5.78 Å². The van der Waals surface area contributed by atoms with E-state index in [1.54, 1.807) is 44.8 Å². The van der Waals surface area contributed by atoms with Gasteiger partial charge in [-0.3, -0.25) is 14.6 Å². The van der Waals surface area contributed by atoms with E-state index in [0.29, 0.717) is 17.1 Å². The fraction of sp³-hybridized carbons (Fsp3) is 0.292. The fourth-order valence-corrected chi connectivity index (χ4v) is 4.02. The molecule has 152 valence electrons. The topological polar surface area (TPSA) is 76.1 Å². The molecule has 0 aliphatic heterocycles. The van der Waals surface area contributed by atoms with Crippen LogP contribution in [0.15, 0.2) is 48.9 Å². The molecule has 0 radical (unpaired) electrons. The van der Waals surface area contributed by atoms with Gasteiger partial charge in [0, 0.05) is 49.2 Å². The van der Waals surface area contributed by atoms with Crippen LogP contribution in [0.5, 0.6) is 0 Å². The number of carbonyl (C=O) groups excluding carboxylic acids is 2. The quantitative estimate of drug-likeness (QED) is 0.672. The van der Waals surface area contributed by atoms with Crippen LogP contribution in [0.3, 0.4) is 0 Å². The van der Waals surface area contributed by atoms with Gasteiger partial charge in [-0.2, -0.15) is 0 Å². The van der Waals surface area contributed by atoms with E-state index in [-0.39, 0.29) is 11.7 Å². The number of nitrogens with zero attached hydrogens (tertiary/aromatic N) is 4. The highest BCUT2D eigenvalue weighted by atomic mass is 16.2. The molecule has 1 amide bonds. The van der Waals surface area contributed by atoms with Crippen molar-refractivity contribution < 1.29 is 9.59 Å². The van der Waals surface area contributed by atoms with Crippen molar-refractivity contribution in [1.29, 1.82) is 0 Å². The second-order valence-electron chi connectivity index (χ2n) is 8.41. The molecule has 2 heterocycles. The van der Waals surface area contributed by atoms with E-state index in [0.717, 1.165) is 22.3 Å². The Morgan fingerprint density at radius 2 is 1.70 bits per heavy atom. The molecule has 1 unspecified atom stereocenters. The summed E-state index contributed by atoms with van der Waals surface area (Å²) in [6, 6.07) is 9.46. The van der Waals surface area contributed by atoms with Gasteiger partial charge in [0.2, 0.25) is 0 Å². The van der Waals surface area contributed by atoms with Gasteiger partial charge in [-0.15, -0.1) is 0 Å². The molecule has 1 aliphatic rings. The second kappa shape index (κ2) is 7.13. The smallest absolute Gasteiger partial charge is 0.253 e. The van der Waals surface area contributed by atoms with Crippen molar-refractivity contribution in [2.24, 2.45) is 0 Å². The molecule has 4 rings (SSSR count). The maximum Gasteiger partial charge on any atom is 0.253 e. The van der Waals surface area contributed by atoms with Crippen LogP contribution in [0.25, 0.3) is 11.1 Å². The SMILES string of the molecule is Cc1ncc(-c2ccc3c(c2)C(c2cc(C(=O)N(C)C)ccn2)C(=O)C3(C)C)cn1. The van der Waals surface area contributed by atoms with E-state index < -0.39 is 11.3 Å². The van der Waals surface area contributed by atoms with Gasteiger partial charge in [-0.05, 0) is 55.7 Å². The Hall–Kier alpha value is -3.41. The van der Waals surface area contributed by atoms with E-state index in [4.69, 9.17) is 0 Å². The van der Waals surface area contributed by atoms with E-state index in [1.165, 1.54) is 4.90 Å². The third-order valence-corrected chi connectivity index (χ3v) is 5.76. The summed E-state index contributed by atoms with van der Waals surface area (Å²) in [4.78, 5) is 40.4. The average molecular weight is 400 g/mol. The van der Waals surface area contributed by atoms with Crippen LogP contribution in [0, 0.1) is 6.92 Å². The second-order valence-corrected chi connectivity index (χ2v) is 8.41. The number of hydrogen-bond acceptors (Lipinski definition) is 5. The fourth-order valence-electron chi connectivity index (χ4n) is 4.02. The molecule has 3 aromatic rings. The van der Waals surface area contributed by atoms with Crippen LogP contribution >= 0.6 is 0 Å². The monoisotopic (exact) mass is 400 g/mol. The lowest BCUT2D eigenvalue weighted by Crippen LogP contribution is -2.27. The normalized spacial score (nSPS) is 17.0. The van der Waals surface area contributed by atoms with Gasteiger partial charge in [0.25, 0.3) is 5.91 Å². The van der Waals surface area contributed by atoms with Gasteiger partial charge in [-0.25, -0.2) is 9.97 Å². The molecule has 0 saturated heterocycles. The van der Waals surface area contributed by atoms with Crippen molar-refractivity contribution >= 4 is 11.7 Å². The minimum absolute atomic E-state index is 0.0803. The molecule has 30 heavy (non-hydrogen) atoms. The lowest BCUT2D eigenvalue weighted by atomic mass is 9.84. The number of amides is 1. The lowest BCUT2D eigenvalue weighted by molar-refractivity contribution is -0.123. The van der Waals surface area contributed by atoms with E-state index >= 15 is 0 Å². The highest BCUT2D eigenvalue weighted by Gasteiger charge is 2.46. The number of Topliss-reactive ketones (excluding diaryl/α,β-unsaturated/α-hetero) is 1. The van der Waals surface area contributed by atoms with Crippen molar-refractivity contribution in [2.75, 3.05) is 14.1 Å². The summed E-state index contributed by atoms with van der Waals surface area (Å²) >= 11 is 0. The number of pyridine rings is 1. The van der Waals surface area contributed by atoms with Crippen LogP contribution in [0.2, 0.25) is 0 Å². The van der Waals surface area contributed by atoms with Crippen LogP contribution < -0.4 is 0 Å². The van der Waals surface area contributed by atoms with Crippen LogP contribution in [0.4, 0.5) is 0 Å². The third kappa shape index (κ3) is 3.18. The number of benzene rings is 1. The highest BCUT2D eigenvalue weighted by Crippen LogP contribution is 2.46. The first kappa shape index (κ1) is 19.9. The molecule has 0 N–H and O–H groups in total. The molecule has 6 nitrogen and oxygen atoms in total. The van der Waals surface area contributed by atoms with Gasteiger partial charge < -0.3 is 4.90 Å². The van der Waals surface area contributed by atoms with E-state index in [1.807, 2.05) is 39.0 Å². The molecule has 0 fully saturated rings. The number of aryl methyl sites for hydroxylation is 1. The molecule has 0 spiro atoms. The molecule has 0 saturated carbocycles. The molecule has 0 bridgehead atoms. The van der Waals surface area contributed by atoms with Crippen molar-refractivity contribution in [2.45, 2.75) is 32.1 Å². The summed E-state index contributed by atoms with van der Waals surface area (Å²) < 4.78 is 0. The number of carbonyl (C=O) groups is 2. The van der Waals surface area contributed by atoms with E-state index in [9.17, 15) is 9.59 Å². The summed E-state index contributed by atoms with van der Waals surface area (Å²) in [5, 5.41) is 0. The predicted molar refractivity (Wildman–Crippen MR) is 114 cm³/mol. The van der Waals surface area contributed by atoms with Gasteiger partial charge in [-0.1, -0.05) is 12.1 Å².